The van der Waals surface area contributed by atoms with E-state index in [0.29, 0.717) is 35.5 Å². The van der Waals surface area contributed by atoms with E-state index in [1.807, 2.05) is 41.3 Å². The number of aromatic nitrogens is 3. The lowest BCUT2D eigenvalue weighted by Crippen LogP contribution is -2.40. The number of likely N-dealkylation sites (tertiary alicyclic amines) is 1. The van der Waals surface area contributed by atoms with Crippen LogP contribution in [0.15, 0.2) is 53.1 Å². The number of pyridine rings is 1. The Morgan fingerprint density at radius 2 is 2.15 bits per heavy atom. The Labute approximate surface area is 162 Å². The summed E-state index contributed by atoms with van der Waals surface area (Å²) in [6.07, 6.45) is 3.87. The zero-order chi connectivity index (χ0) is 18.6. The molecule has 3 heterocycles. The summed E-state index contributed by atoms with van der Waals surface area (Å²) in [4.78, 5) is 18.8. The molecule has 1 amide bonds. The average molecular weight is 383 g/mol. The number of nitrogens with zero attached hydrogens (tertiary/aromatic N) is 4. The molecule has 6 nitrogen and oxygen atoms in total. The van der Waals surface area contributed by atoms with E-state index in [1.54, 1.807) is 12.3 Å². The molecule has 1 aromatic carbocycles. The molecule has 2 aromatic heterocycles. The molecule has 7 heteroatoms. The Kier molecular flexibility index (Phi) is 5.16. The molecule has 1 saturated heterocycles. The van der Waals surface area contributed by atoms with Gasteiger partial charge in [-0.2, -0.15) is 0 Å². The molecule has 0 spiro atoms. The third-order valence-corrected chi connectivity index (χ3v) is 4.93. The summed E-state index contributed by atoms with van der Waals surface area (Å²) in [6, 6.07) is 13.0. The number of piperidine rings is 1. The van der Waals surface area contributed by atoms with Crippen molar-refractivity contribution in [3.8, 4) is 11.6 Å². The molecule has 0 saturated carbocycles. The summed E-state index contributed by atoms with van der Waals surface area (Å²) in [5.74, 6) is 1.11. The van der Waals surface area contributed by atoms with Gasteiger partial charge in [-0.1, -0.05) is 29.8 Å². The van der Waals surface area contributed by atoms with E-state index < -0.39 is 0 Å². The maximum absolute atomic E-state index is 12.7. The van der Waals surface area contributed by atoms with Crippen LogP contribution in [-0.2, 0) is 11.2 Å². The second-order valence-electron chi connectivity index (χ2n) is 6.65. The molecule has 0 aliphatic carbocycles. The molecule has 138 valence electrons. The van der Waals surface area contributed by atoms with E-state index >= 15 is 0 Å². The smallest absolute Gasteiger partial charge is 0.266 e. The lowest BCUT2D eigenvalue weighted by Gasteiger charge is -2.31. The summed E-state index contributed by atoms with van der Waals surface area (Å²) >= 11 is 6.01. The fourth-order valence-corrected chi connectivity index (χ4v) is 3.54. The van der Waals surface area contributed by atoms with Crippen LogP contribution in [0.1, 0.15) is 30.2 Å². The van der Waals surface area contributed by atoms with Gasteiger partial charge in [0.1, 0.15) is 5.69 Å². The third-order valence-electron chi connectivity index (χ3n) is 4.69. The zero-order valence-corrected chi connectivity index (χ0v) is 15.5. The Hall–Kier alpha value is -2.73. The molecule has 1 aliphatic rings. The Bertz CT molecular complexity index is 928. The van der Waals surface area contributed by atoms with E-state index in [4.69, 9.17) is 16.0 Å². The van der Waals surface area contributed by atoms with Crippen LogP contribution in [0.5, 0.6) is 0 Å². The summed E-state index contributed by atoms with van der Waals surface area (Å²) in [7, 11) is 0. The van der Waals surface area contributed by atoms with E-state index in [0.717, 1.165) is 24.9 Å². The Morgan fingerprint density at radius 1 is 1.22 bits per heavy atom. The van der Waals surface area contributed by atoms with Gasteiger partial charge in [-0.3, -0.25) is 9.78 Å². The molecule has 0 bridgehead atoms. The van der Waals surface area contributed by atoms with E-state index in [-0.39, 0.29) is 11.8 Å². The molecule has 0 radical (unpaired) electrons. The van der Waals surface area contributed by atoms with Crippen LogP contribution < -0.4 is 0 Å². The van der Waals surface area contributed by atoms with Crippen molar-refractivity contribution in [1.82, 2.24) is 20.1 Å². The largest absolute Gasteiger partial charge is 0.419 e. The van der Waals surface area contributed by atoms with Crippen LogP contribution in [-0.4, -0.2) is 39.1 Å². The highest BCUT2D eigenvalue weighted by Crippen LogP contribution is 2.28. The molecular formula is C20H19ClN4O2. The van der Waals surface area contributed by atoms with E-state index in [9.17, 15) is 4.79 Å². The number of amides is 1. The number of benzene rings is 1. The molecule has 1 atom stereocenters. The minimum Gasteiger partial charge on any atom is -0.419 e. The molecule has 1 aliphatic heterocycles. The van der Waals surface area contributed by atoms with Gasteiger partial charge in [-0.15, -0.1) is 10.2 Å². The quantitative estimate of drug-likeness (QED) is 0.687. The van der Waals surface area contributed by atoms with Crippen molar-refractivity contribution < 1.29 is 9.21 Å². The summed E-state index contributed by atoms with van der Waals surface area (Å²) in [5, 5.41) is 8.95. The predicted molar refractivity (Wildman–Crippen MR) is 101 cm³/mol. The van der Waals surface area contributed by atoms with Crippen molar-refractivity contribution in [1.29, 1.82) is 0 Å². The van der Waals surface area contributed by atoms with Crippen LogP contribution in [0.3, 0.4) is 0 Å². The first kappa shape index (κ1) is 17.7. The summed E-state index contributed by atoms with van der Waals surface area (Å²) in [5.41, 5.74) is 1.57. The second kappa shape index (κ2) is 7.88. The van der Waals surface area contributed by atoms with Crippen molar-refractivity contribution in [2.24, 2.45) is 0 Å². The van der Waals surface area contributed by atoms with Gasteiger partial charge in [0.2, 0.25) is 11.8 Å². The van der Waals surface area contributed by atoms with Crippen LogP contribution in [0, 0.1) is 0 Å². The van der Waals surface area contributed by atoms with Crippen LogP contribution in [0.2, 0.25) is 5.02 Å². The molecular weight excluding hydrogens is 364 g/mol. The normalized spacial score (nSPS) is 17.1. The average Bonchev–Trinajstić information content (AvgIpc) is 3.19. The van der Waals surface area contributed by atoms with Gasteiger partial charge < -0.3 is 9.32 Å². The number of hydrogen-bond acceptors (Lipinski definition) is 5. The highest BCUT2D eigenvalue weighted by atomic mass is 35.5. The van der Waals surface area contributed by atoms with Gasteiger partial charge in [-0.05, 0) is 42.7 Å². The van der Waals surface area contributed by atoms with Crippen molar-refractivity contribution in [2.45, 2.75) is 25.2 Å². The fourth-order valence-electron chi connectivity index (χ4n) is 3.33. The van der Waals surface area contributed by atoms with Gasteiger partial charge in [0.15, 0.2) is 0 Å². The highest BCUT2D eigenvalue weighted by Gasteiger charge is 2.28. The van der Waals surface area contributed by atoms with E-state index in [2.05, 4.69) is 15.2 Å². The lowest BCUT2D eigenvalue weighted by atomic mass is 9.97. The minimum absolute atomic E-state index is 0.0482. The van der Waals surface area contributed by atoms with Crippen LogP contribution in [0.4, 0.5) is 0 Å². The third kappa shape index (κ3) is 4.17. The minimum atomic E-state index is 0.0482. The topological polar surface area (TPSA) is 72.1 Å². The number of hydrogen-bond donors (Lipinski definition) is 0. The van der Waals surface area contributed by atoms with Gasteiger partial charge >= 0.3 is 0 Å². The SMILES string of the molecule is O=C(Cc1cccc(Cl)c1)N1CCC[C@@H](c2nnc(-c3ccccn3)o2)C1. The van der Waals surface area contributed by atoms with Crippen molar-refractivity contribution in [3.05, 3.63) is 65.1 Å². The molecule has 0 N–H and O–H groups in total. The molecule has 3 aromatic rings. The monoisotopic (exact) mass is 382 g/mol. The zero-order valence-electron chi connectivity index (χ0n) is 14.7. The molecule has 1 fully saturated rings. The van der Waals surface area contributed by atoms with Gasteiger partial charge in [0, 0.05) is 24.3 Å². The van der Waals surface area contributed by atoms with Crippen molar-refractivity contribution in [2.75, 3.05) is 13.1 Å². The van der Waals surface area contributed by atoms with Crippen molar-refractivity contribution in [3.63, 3.8) is 0 Å². The maximum Gasteiger partial charge on any atom is 0.266 e. The summed E-state index contributed by atoms with van der Waals surface area (Å²) < 4.78 is 5.83. The van der Waals surface area contributed by atoms with Crippen LogP contribution >= 0.6 is 11.6 Å². The molecule has 27 heavy (non-hydrogen) atoms. The Morgan fingerprint density at radius 3 is 2.96 bits per heavy atom. The first-order valence-electron chi connectivity index (χ1n) is 8.96. The highest BCUT2D eigenvalue weighted by molar-refractivity contribution is 6.30. The second-order valence-corrected chi connectivity index (χ2v) is 7.08. The maximum atomic E-state index is 12.7. The van der Waals surface area contributed by atoms with Crippen molar-refractivity contribution >= 4 is 17.5 Å². The fraction of sp³-hybridized carbons (Fsp3) is 0.300. The lowest BCUT2D eigenvalue weighted by molar-refractivity contribution is -0.131. The first-order chi connectivity index (χ1) is 13.2. The Balaban J connectivity index is 1.44. The number of carbonyl (C=O) groups excluding carboxylic acids is 1. The van der Waals surface area contributed by atoms with Crippen LogP contribution in [0.25, 0.3) is 11.6 Å². The summed E-state index contributed by atoms with van der Waals surface area (Å²) in [6.45, 7) is 1.33. The van der Waals surface area contributed by atoms with Gasteiger partial charge in [-0.25, -0.2) is 0 Å². The number of rotatable bonds is 4. The number of carbonyl (C=O) groups is 1. The predicted octanol–water partition coefficient (Wildman–Crippen LogP) is 3.73. The van der Waals surface area contributed by atoms with Gasteiger partial charge in [0.25, 0.3) is 5.89 Å². The standard InChI is InChI=1S/C20H19ClN4O2/c21-16-7-3-5-14(11-16)12-18(26)25-10-4-6-15(13-25)19-23-24-20(27-19)17-8-1-2-9-22-17/h1-3,5,7-9,11,15H,4,6,10,12-13H2/t15-/m1/s1. The molecule has 4 rings (SSSR count). The van der Waals surface area contributed by atoms with E-state index in [1.165, 1.54) is 0 Å². The first-order valence-corrected chi connectivity index (χ1v) is 9.34. The molecule has 0 unspecified atom stereocenters. The van der Waals surface area contributed by atoms with Gasteiger partial charge in [0.05, 0.1) is 12.3 Å². The number of halogens is 1.